The number of hydrogen-bond donors (Lipinski definition) is 2. The van der Waals surface area contributed by atoms with Crippen molar-refractivity contribution in [2.24, 2.45) is 0 Å². The van der Waals surface area contributed by atoms with E-state index in [-0.39, 0.29) is 18.1 Å². The SMILES string of the molecule is COc1ccc(CCC(=O)OC(C)C(=O)Nc2c(C)cccc2C)cc1O. The molecule has 0 aliphatic rings. The summed E-state index contributed by atoms with van der Waals surface area (Å²) >= 11 is 0. The number of anilines is 1. The van der Waals surface area contributed by atoms with E-state index in [9.17, 15) is 14.7 Å². The highest BCUT2D eigenvalue weighted by atomic mass is 16.5. The van der Waals surface area contributed by atoms with Crippen molar-refractivity contribution in [1.82, 2.24) is 0 Å². The predicted octanol–water partition coefficient (Wildman–Crippen LogP) is 3.52. The van der Waals surface area contributed by atoms with E-state index in [1.807, 2.05) is 32.0 Å². The van der Waals surface area contributed by atoms with Gasteiger partial charge in [-0.25, -0.2) is 0 Å². The van der Waals surface area contributed by atoms with Crippen LogP contribution in [0.4, 0.5) is 5.69 Å². The Kier molecular flexibility index (Phi) is 6.82. The summed E-state index contributed by atoms with van der Waals surface area (Å²) in [5, 5.41) is 12.6. The molecule has 6 heteroatoms. The third-order valence-corrected chi connectivity index (χ3v) is 4.27. The van der Waals surface area contributed by atoms with Gasteiger partial charge >= 0.3 is 5.97 Å². The molecule has 2 aromatic rings. The molecule has 0 bridgehead atoms. The van der Waals surface area contributed by atoms with Gasteiger partial charge in [-0.3, -0.25) is 9.59 Å². The molecule has 0 saturated carbocycles. The number of ether oxygens (including phenoxy) is 2. The van der Waals surface area contributed by atoms with Crippen molar-refractivity contribution in [3.63, 3.8) is 0 Å². The van der Waals surface area contributed by atoms with Gasteiger partial charge in [-0.2, -0.15) is 0 Å². The molecule has 1 unspecified atom stereocenters. The highest BCUT2D eigenvalue weighted by Gasteiger charge is 2.19. The highest BCUT2D eigenvalue weighted by Crippen LogP contribution is 2.26. The fourth-order valence-corrected chi connectivity index (χ4v) is 2.68. The molecule has 0 aromatic heterocycles. The standard InChI is InChI=1S/C21H25NO5/c1-13-6-5-7-14(2)20(13)22-21(25)15(3)27-19(24)11-9-16-8-10-18(26-4)17(23)12-16/h5-8,10,12,15,23H,9,11H2,1-4H3,(H,22,25). The summed E-state index contributed by atoms with van der Waals surface area (Å²) in [6.07, 6.45) is -0.408. The number of benzene rings is 2. The first-order valence-corrected chi connectivity index (χ1v) is 8.74. The Labute approximate surface area is 159 Å². The highest BCUT2D eigenvalue weighted by molar-refractivity contribution is 5.96. The third kappa shape index (κ3) is 5.48. The van der Waals surface area contributed by atoms with Crippen LogP contribution in [-0.2, 0) is 20.7 Å². The molecule has 0 radical (unpaired) electrons. The van der Waals surface area contributed by atoms with Gasteiger partial charge < -0.3 is 19.9 Å². The van der Waals surface area contributed by atoms with Gasteiger partial charge in [0.15, 0.2) is 17.6 Å². The third-order valence-electron chi connectivity index (χ3n) is 4.27. The molecule has 0 saturated heterocycles. The number of nitrogens with one attached hydrogen (secondary N) is 1. The average molecular weight is 371 g/mol. The molecule has 1 amide bonds. The lowest BCUT2D eigenvalue weighted by molar-refractivity contribution is -0.153. The van der Waals surface area contributed by atoms with E-state index in [0.717, 1.165) is 22.4 Å². The maximum absolute atomic E-state index is 12.3. The molecular formula is C21H25NO5. The number of phenols is 1. The summed E-state index contributed by atoms with van der Waals surface area (Å²) < 4.78 is 10.2. The Morgan fingerprint density at radius 1 is 1.15 bits per heavy atom. The lowest BCUT2D eigenvalue weighted by Crippen LogP contribution is -2.30. The van der Waals surface area contributed by atoms with E-state index in [2.05, 4.69) is 5.32 Å². The Balaban J connectivity index is 1.87. The summed E-state index contributed by atoms with van der Waals surface area (Å²) in [6.45, 7) is 5.35. The number of phenolic OH excluding ortho intramolecular Hbond substituents is 1. The van der Waals surface area contributed by atoms with Crippen molar-refractivity contribution in [1.29, 1.82) is 0 Å². The van der Waals surface area contributed by atoms with E-state index in [0.29, 0.717) is 12.2 Å². The van der Waals surface area contributed by atoms with Crippen LogP contribution in [0.15, 0.2) is 36.4 Å². The maximum Gasteiger partial charge on any atom is 0.306 e. The Morgan fingerprint density at radius 2 is 1.81 bits per heavy atom. The first kappa shape index (κ1) is 20.3. The van der Waals surface area contributed by atoms with Crippen LogP contribution in [0.3, 0.4) is 0 Å². The summed E-state index contributed by atoms with van der Waals surface area (Å²) in [5.74, 6) is -0.458. The van der Waals surface area contributed by atoms with Crippen LogP contribution in [0.5, 0.6) is 11.5 Å². The number of carbonyl (C=O) groups is 2. The molecule has 144 valence electrons. The molecule has 27 heavy (non-hydrogen) atoms. The number of rotatable bonds is 7. The molecule has 2 N–H and O–H groups in total. The minimum Gasteiger partial charge on any atom is -0.504 e. The van der Waals surface area contributed by atoms with Crippen LogP contribution < -0.4 is 10.1 Å². The number of aromatic hydroxyl groups is 1. The Hall–Kier alpha value is -3.02. The van der Waals surface area contributed by atoms with Gasteiger partial charge in [0.2, 0.25) is 0 Å². The summed E-state index contributed by atoms with van der Waals surface area (Å²) in [7, 11) is 1.47. The Bertz CT molecular complexity index is 811. The van der Waals surface area contributed by atoms with Crippen LogP contribution in [0.25, 0.3) is 0 Å². The fraction of sp³-hybridized carbons (Fsp3) is 0.333. The monoisotopic (exact) mass is 371 g/mol. The largest absolute Gasteiger partial charge is 0.504 e. The quantitative estimate of drug-likeness (QED) is 0.728. The van der Waals surface area contributed by atoms with Gasteiger partial charge in [-0.1, -0.05) is 24.3 Å². The topological polar surface area (TPSA) is 84.9 Å². The first-order valence-electron chi connectivity index (χ1n) is 8.74. The van der Waals surface area contributed by atoms with Crippen molar-refractivity contribution in [3.8, 4) is 11.5 Å². The fourth-order valence-electron chi connectivity index (χ4n) is 2.68. The van der Waals surface area contributed by atoms with Gasteiger partial charge in [0.05, 0.1) is 7.11 Å². The first-order chi connectivity index (χ1) is 12.8. The summed E-state index contributed by atoms with van der Waals surface area (Å²) in [5.41, 5.74) is 3.40. The van der Waals surface area contributed by atoms with Gasteiger partial charge in [0.1, 0.15) is 0 Å². The van der Waals surface area contributed by atoms with Crippen molar-refractivity contribution in [3.05, 3.63) is 53.1 Å². The zero-order valence-corrected chi connectivity index (χ0v) is 16.0. The van der Waals surface area contributed by atoms with Gasteiger partial charge in [-0.15, -0.1) is 0 Å². The van der Waals surface area contributed by atoms with E-state index in [1.54, 1.807) is 25.1 Å². The molecule has 0 aliphatic heterocycles. The second-order valence-electron chi connectivity index (χ2n) is 6.39. The molecule has 0 aliphatic carbocycles. The number of hydrogen-bond acceptors (Lipinski definition) is 5. The summed E-state index contributed by atoms with van der Waals surface area (Å²) in [6, 6.07) is 10.7. The predicted molar refractivity (Wildman–Crippen MR) is 103 cm³/mol. The Morgan fingerprint density at radius 3 is 2.41 bits per heavy atom. The number of aryl methyl sites for hydroxylation is 3. The van der Waals surface area contributed by atoms with Gasteiger partial charge in [0, 0.05) is 12.1 Å². The average Bonchev–Trinajstić information content (AvgIpc) is 2.63. The van der Waals surface area contributed by atoms with Crippen molar-refractivity contribution < 1.29 is 24.2 Å². The second kappa shape index (κ2) is 9.07. The lowest BCUT2D eigenvalue weighted by atomic mass is 10.1. The van der Waals surface area contributed by atoms with Crippen molar-refractivity contribution in [2.75, 3.05) is 12.4 Å². The van der Waals surface area contributed by atoms with Crippen LogP contribution >= 0.6 is 0 Å². The smallest absolute Gasteiger partial charge is 0.306 e. The van der Waals surface area contributed by atoms with E-state index in [1.165, 1.54) is 7.11 Å². The van der Waals surface area contributed by atoms with Crippen LogP contribution in [0, 0.1) is 13.8 Å². The minimum absolute atomic E-state index is 0.0183. The van der Waals surface area contributed by atoms with Gasteiger partial charge in [-0.05, 0) is 56.0 Å². The number of carbonyl (C=O) groups excluding carboxylic acids is 2. The number of para-hydroxylation sites is 1. The zero-order chi connectivity index (χ0) is 20.0. The van der Waals surface area contributed by atoms with Crippen LogP contribution in [0.2, 0.25) is 0 Å². The van der Waals surface area contributed by atoms with Crippen molar-refractivity contribution >= 4 is 17.6 Å². The van der Waals surface area contributed by atoms with E-state index < -0.39 is 12.1 Å². The van der Waals surface area contributed by atoms with E-state index in [4.69, 9.17) is 9.47 Å². The lowest BCUT2D eigenvalue weighted by Gasteiger charge is -2.16. The molecule has 2 aromatic carbocycles. The number of esters is 1. The normalized spacial score (nSPS) is 11.6. The number of methoxy groups -OCH3 is 1. The molecule has 1 atom stereocenters. The maximum atomic E-state index is 12.3. The zero-order valence-electron chi connectivity index (χ0n) is 16.0. The molecule has 2 rings (SSSR count). The van der Waals surface area contributed by atoms with Crippen molar-refractivity contribution in [2.45, 2.75) is 39.7 Å². The van der Waals surface area contributed by atoms with Crippen LogP contribution in [-0.4, -0.2) is 30.2 Å². The second-order valence-corrected chi connectivity index (χ2v) is 6.39. The van der Waals surface area contributed by atoms with Crippen LogP contribution in [0.1, 0.15) is 30.0 Å². The summed E-state index contributed by atoms with van der Waals surface area (Å²) in [4.78, 5) is 24.3. The molecule has 0 spiro atoms. The molecule has 6 nitrogen and oxygen atoms in total. The molecule has 0 heterocycles. The molecular weight excluding hydrogens is 346 g/mol. The molecule has 0 fully saturated rings. The van der Waals surface area contributed by atoms with E-state index >= 15 is 0 Å². The number of amides is 1. The van der Waals surface area contributed by atoms with Gasteiger partial charge in [0.25, 0.3) is 5.91 Å². The minimum atomic E-state index is -0.902.